The fraction of sp³-hybridized carbons (Fsp3) is 0.150. The van der Waals surface area contributed by atoms with Crippen LogP contribution in [0.15, 0.2) is 76.0 Å². The highest BCUT2D eigenvalue weighted by Crippen LogP contribution is 2.15. The summed E-state index contributed by atoms with van der Waals surface area (Å²) in [6, 6.07) is 20.3. The van der Waals surface area contributed by atoms with Crippen LogP contribution in [0.4, 0.5) is 5.69 Å². The molecule has 5 nitrogen and oxygen atoms in total. The van der Waals surface area contributed by atoms with Crippen LogP contribution in [0.25, 0.3) is 11.3 Å². The molecule has 1 N–H and O–H groups in total. The van der Waals surface area contributed by atoms with E-state index in [1.165, 1.54) is 10.7 Å². The number of nitrogens with zero attached hydrogens (tertiary/aromatic N) is 2. The second-order valence-corrected chi connectivity index (χ2v) is 6.72. The van der Waals surface area contributed by atoms with E-state index < -0.39 is 0 Å². The maximum atomic E-state index is 12.0. The topological polar surface area (TPSA) is 64.0 Å². The summed E-state index contributed by atoms with van der Waals surface area (Å²) in [6.07, 6.45) is 0.854. The third-order valence-corrected chi connectivity index (χ3v) is 4.37. The number of hydrogen-bond donors (Lipinski definition) is 1. The first-order valence-corrected chi connectivity index (χ1v) is 9.10. The Morgan fingerprint density at radius 1 is 1.00 bits per heavy atom. The number of aryl methyl sites for hydroxylation is 1. The second kappa shape index (κ2) is 8.58. The van der Waals surface area contributed by atoms with Crippen LogP contribution in [0.2, 0.25) is 0 Å². The average molecular weight is 412 g/mol. The highest BCUT2D eigenvalue weighted by molar-refractivity contribution is 9.10. The van der Waals surface area contributed by atoms with Gasteiger partial charge < -0.3 is 5.32 Å². The molecule has 1 amide bonds. The zero-order valence-electron chi connectivity index (χ0n) is 14.1. The minimum absolute atomic E-state index is 0.0837. The third-order valence-electron chi connectivity index (χ3n) is 3.84. The van der Waals surface area contributed by atoms with Crippen LogP contribution in [0.5, 0.6) is 0 Å². The van der Waals surface area contributed by atoms with Crippen molar-refractivity contribution in [3.63, 3.8) is 0 Å². The highest BCUT2D eigenvalue weighted by atomic mass is 79.9. The van der Waals surface area contributed by atoms with Gasteiger partial charge >= 0.3 is 0 Å². The smallest absolute Gasteiger partial charge is 0.266 e. The first-order valence-electron chi connectivity index (χ1n) is 8.31. The molecule has 0 atom stereocenters. The largest absolute Gasteiger partial charge is 0.326 e. The van der Waals surface area contributed by atoms with Crippen molar-refractivity contribution in [3.8, 4) is 11.3 Å². The van der Waals surface area contributed by atoms with E-state index in [1.54, 1.807) is 6.07 Å². The van der Waals surface area contributed by atoms with Crippen LogP contribution < -0.4 is 10.9 Å². The molecule has 132 valence electrons. The van der Waals surface area contributed by atoms with E-state index in [0.717, 1.165) is 21.4 Å². The average Bonchev–Trinajstić information content (AvgIpc) is 2.66. The summed E-state index contributed by atoms with van der Waals surface area (Å²) in [6.45, 7) is 0.396. The van der Waals surface area contributed by atoms with Crippen molar-refractivity contribution < 1.29 is 4.79 Å². The van der Waals surface area contributed by atoms with E-state index in [0.29, 0.717) is 19.4 Å². The van der Waals surface area contributed by atoms with Crippen LogP contribution in [-0.2, 0) is 11.3 Å². The molecule has 0 saturated heterocycles. The molecular weight excluding hydrogens is 394 g/mol. The minimum Gasteiger partial charge on any atom is -0.326 e. The van der Waals surface area contributed by atoms with Crippen LogP contribution >= 0.6 is 15.9 Å². The lowest BCUT2D eigenvalue weighted by molar-refractivity contribution is -0.116. The van der Waals surface area contributed by atoms with Crippen molar-refractivity contribution in [2.45, 2.75) is 19.4 Å². The molecule has 0 aliphatic rings. The van der Waals surface area contributed by atoms with Gasteiger partial charge in [-0.15, -0.1) is 0 Å². The van der Waals surface area contributed by atoms with Gasteiger partial charge in [0.05, 0.1) is 5.69 Å². The zero-order valence-corrected chi connectivity index (χ0v) is 15.6. The van der Waals surface area contributed by atoms with Crippen LogP contribution in [0, 0.1) is 0 Å². The van der Waals surface area contributed by atoms with Gasteiger partial charge in [0, 0.05) is 34.8 Å². The third kappa shape index (κ3) is 4.89. The van der Waals surface area contributed by atoms with E-state index in [2.05, 4.69) is 26.3 Å². The number of nitrogens with one attached hydrogen (secondary N) is 1. The van der Waals surface area contributed by atoms with Crippen LogP contribution in [0.1, 0.15) is 12.8 Å². The van der Waals surface area contributed by atoms with Gasteiger partial charge in [-0.1, -0.05) is 46.3 Å². The molecule has 1 heterocycles. The van der Waals surface area contributed by atoms with E-state index in [1.807, 2.05) is 54.6 Å². The lowest BCUT2D eigenvalue weighted by Crippen LogP contribution is -2.23. The number of rotatable bonds is 6. The summed E-state index contributed by atoms with van der Waals surface area (Å²) in [5.74, 6) is -0.0837. The van der Waals surface area contributed by atoms with E-state index >= 15 is 0 Å². The molecule has 0 radical (unpaired) electrons. The fourth-order valence-electron chi connectivity index (χ4n) is 2.52. The Kier molecular flexibility index (Phi) is 5.96. The molecular formula is C20H18BrN3O2. The number of aromatic nitrogens is 2. The van der Waals surface area contributed by atoms with Gasteiger partial charge in [0.25, 0.3) is 5.56 Å². The Labute approximate surface area is 159 Å². The molecule has 6 heteroatoms. The predicted octanol–water partition coefficient (Wildman–Crippen LogP) is 4.09. The van der Waals surface area contributed by atoms with Gasteiger partial charge in [0.15, 0.2) is 0 Å². The fourth-order valence-corrected chi connectivity index (χ4v) is 2.78. The number of carbonyl (C=O) groups excluding carboxylic acids is 1. The molecule has 2 aromatic carbocycles. The van der Waals surface area contributed by atoms with Crippen LogP contribution in [-0.4, -0.2) is 15.7 Å². The van der Waals surface area contributed by atoms with Gasteiger partial charge in [-0.3, -0.25) is 9.59 Å². The van der Waals surface area contributed by atoms with Crippen molar-refractivity contribution in [2.75, 3.05) is 5.32 Å². The summed E-state index contributed by atoms with van der Waals surface area (Å²) in [5.41, 5.74) is 2.27. The van der Waals surface area contributed by atoms with E-state index in [-0.39, 0.29) is 11.5 Å². The lowest BCUT2D eigenvalue weighted by Gasteiger charge is -2.08. The highest BCUT2D eigenvalue weighted by Gasteiger charge is 2.06. The molecule has 3 rings (SSSR count). The lowest BCUT2D eigenvalue weighted by atomic mass is 10.1. The number of amides is 1. The van der Waals surface area contributed by atoms with Gasteiger partial charge in [-0.05, 0) is 36.8 Å². The van der Waals surface area contributed by atoms with Gasteiger partial charge in [-0.2, -0.15) is 5.10 Å². The Hall–Kier alpha value is -2.73. The molecule has 0 aliphatic carbocycles. The number of benzene rings is 2. The molecule has 0 saturated carbocycles. The Morgan fingerprint density at radius 2 is 1.73 bits per heavy atom. The molecule has 3 aromatic rings. The van der Waals surface area contributed by atoms with Crippen LogP contribution in [0.3, 0.4) is 0 Å². The molecule has 0 fully saturated rings. The maximum absolute atomic E-state index is 12.0. The standard InChI is InChI=1S/C20H18BrN3O2/c21-16-8-10-17(11-9-16)22-19(25)7-4-14-24-20(26)13-12-18(23-24)15-5-2-1-3-6-15/h1-3,5-6,8-13H,4,7,14H2,(H,22,25). The van der Waals surface area contributed by atoms with Gasteiger partial charge in [-0.25, -0.2) is 4.68 Å². The summed E-state index contributed by atoms with van der Waals surface area (Å²) < 4.78 is 2.37. The molecule has 0 bridgehead atoms. The van der Waals surface area contributed by atoms with Gasteiger partial charge in [0.2, 0.25) is 5.91 Å². The molecule has 26 heavy (non-hydrogen) atoms. The molecule has 0 spiro atoms. The van der Waals surface area contributed by atoms with Crippen molar-refractivity contribution >= 4 is 27.5 Å². The van der Waals surface area contributed by atoms with E-state index in [9.17, 15) is 9.59 Å². The van der Waals surface area contributed by atoms with Crippen molar-refractivity contribution in [3.05, 3.63) is 81.6 Å². The summed E-state index contributed by atoms with van der Waals surface area (Å²) in [5, 5.41) is 7.24. The van der Waals surface area contributed by atoms with Crippen molar-refractivity contribution in [1.82, 2.24) is 9.78 Å². The van der Waals surface area contributed by atoms with E-state index in [4.69, 9.17) is 0 Å². The number of halogens is 1. The Balaban J connectivity index is 1.58. The summed E-state index contributed by atoms with van der Waals surface area (Å²) in [7, 11) is 0. The molecule has 0 unspecified atom stereocenters. The first kappa shape index (κ1) is 18.1. The molecule has 1 aromatic heterocycles. The number of anilines is 1. The Bertz CT molecular complexity index is 937. The summed E-state index contributed by atoms with van der Waals surface area (Å²) >= 11 is 3.36. The predicted molar refractivity (Wildman–Crippen MR) is 106 cm³/mol. The van der Waals surface area contributed by atoms with Crippen molar-refractivity contribution in [2.24, 2.45) is 0 Å². The molecule has 0 aliphatic heterocycles. The Morgan fingerprint density at radius 3 is 2.46 bits per heavy atom. The number of carbonyl (C=O) groups is 1. The SMILES string of the molecule is O=C(CCCn1nc(-c2ccccc2)ccc1=O)Nc1ccc(Br)cc1. The maximum Gasteiger partial charge on any atom is 0.266 e. The monoisotopic (exact) mass is 411 g/mol. The summed E-state index contributed by atoms with van der Waals surface area (Å²) in [4.78, 5) is 24.0. The minimum atomic E-state index is -0.169. The zero-order chi connectivity index (χ0) is 18.4. The first-order chi connectivity index (χ1) is 12.6. The normalized spacial score (nSPS) is 10.5. The van der Waals surface area contributed by atoms with Gasteiger partial charge in [0.1, 0.15) is 0 Å². The van der Waals surface area contributed by atoms with Crippen molar-refractivity contribution in [1.29, 1.82) is 0 Å². The second-order valence-electron chi connectivity index (χ2n) is 5.80. The number of hydrogen-bond acceptors (Lipinski definition) is 3. The quantitative estimate of drug-likeness (QED) is 0.663.